The lowest BCUT2D eigenvalue weighted by molar-refractivity contribution is 0.174. The third-order valence-corrected chi connectivity index (χ3v) is 2.75. The molecule has 0 fully saturated rings. The van der Waals surface area contributed by atoms with E-state index in [0.717, 1.165) is 34.8 Å². The fourth-order valence-corrected chi connectivity index (χ4v) is 2.02. The van der Waals surface area contributed by atoms with Crippen LogP contribution in [-0.2, 0) is 17.9 Å². The van der Waals surface area contributed by atoms with E-state index < -0.39 is 0 Å². The summed E-state index contributed by atoms with van der Waals surface area (Å²) in [6.45, 7) is 3.62. The Morgan fingerprint density at radius 2 is 2.25 bits per heavy atom. The van der Waals surface area contributed by atoms with Crippen LogP contribution in [-0.4, -0.2) is 16.7 Å². The second-order valence-corrected chi connectivity index (χ2v) is 4.18. The van der Waals surface area contributed by atoms with Crippen molar-refractivity contribution in [1.82, 2.24) is 9.55 Å². The number of hydrogen-bond acceptors (Lipinski definition) is 2. The van der Waals surface area contributed by atoms with Crippen molar-refractivity contribution >= 4 is 22.6 Å². The first-order valence-electron chi connectivity index (χ1n) is 5.40. The predicted octanol–water partition coefficient (Wildman–Crippen LogP) is 3.25. The summed E-state index contributed by atoms with van der Waals surface area (Å²) in [5.74, 6) is 0.960. The summed E-state index contributed by atoms with van der Waals surface area (Å²) < 4.78 is 7.33. The third kappa shape index (κ3) is 2.06. The first kappa shape index (κ1) is 11.4. The van der Waals surface area contributed by atoms with Crippen molar-refractivity contribution in [2.75, 3.05) is 7.11 Å². The van der Waals surface area contributed by atoms with Crippen molar-refractivity contribution in [3.63, 3.8) is 0 Å². The normalized spacial score (nSPS) is 11.2. The molecule has 0 spiro atoms. The molecule has 0 radical (unpaired) electrons. The topological polar surface area (TPSA) is 27.1 Å². The highest BCUT2D eigenvalue weighted by Gasteiger charge is 2.09. The Hall–Kier alpha value is -1.06. The number of benzene rings is 1. The number of hydrogen-bond donors (Lipinski definition) is 0. The number of methoxy groups -OCH3 is 1. The molecule has 0 unspecified atom stereocenters. The van der Waals surface area contributed by atoms with Gasteiger partial charge in [0.25, 0.3) is 0 Å². The Kier molecular flexibility index (Phi) is 3.46. The smallest absolute Gasteiger partial charge is 0.135 e. The molecule has 2 rings (SSSR count). The summed E-state index contributed by atoms with van der Waals surface area (Å²) in [5.41, 5.74) is 2.06. The van der Waals surface area contributed by atoms with Gasteiger partial charge in [-0.3, -0.25) is 0 Å². The molecule has 86 valence electrons. The molecule has 0 N–H and O–H groups in total. The molecule has 0 aliphatic rings. The van der Waals surface area contributed by atoms with E-state index in [1.54, 1.807) is 7.11 Å². The van der Waals surface area contributed by atoms with Gasteiger partial charge in [-0.2, -0.15) is 0 Å². The molecule has 0 aliphatic heterocycles. The summed E-state index contributed by atoms with van der Waals surface area (Å²) in [5, 5.41) is 0.744. The molecule has 1 aromatic carbocycles. The second kappa shape index (κ2) is 4.85. The maximum Gasteiger partial charge on any atom is 0.135 e. The van der Waals surface area contributed by atoms with Crippen LogP contribution in [0.2, 0.25) is 5.02 Å². The van der Waals surface area contributed by atoms with Crippen LogP contribution >= 0.6 is 11.6 Å². The van der Waals surface area contributed by atoms with Crippen molar-refractivity contribution in [3.8, 4) is 0 Å². The van der Waals surface area contributed by atoms with Gasteiger partial charge in [0.05, 0.1) is 11.0 Å². The molecule has 3 nitrogen and oxygen atoms in total. The van der Waals surface area contributed by atoms with Gasteiger partial charge in [0.1, 0.15) is 12.4 Å². The van der Waals surface area contributed by atoms with E-state index in [2.05, 4.69) is 16.5 Å². The summed E-state index contributed by atoms with van der Waals surface area (Å²) in [4.78, 5) is 4.54. The Balaban J connectivity index is 2.57. The van der Waals surface area contributed by atoms with E-state index in [9.17, 15) is 0 Å². The molecular weight excluding hydrogens is 224 g/mol. The summed E-state index contributed by atoms with van der Waals surface area (Å²) in [6, 6.07) is 5.77. The lowest BCUT2D eigenvalue weighted by Crippen LogP contribution is -2.04. The van der Waals surface area contributed by atoms with Crippen molar-refractivity contribution in [3.05, 3.63) is 29.0 Å². The Morgan fingerprint density at radius 3 is 2.94 bits per heavy atom. The third-order valence-electron chi connectivity index (χ3n) is 2.51. The van der Waals surface area contributed by atoms with E-state index >= 15 is 0 Å². The van der Waals surface area contributed by atoms with Gasteiger partial charge in [-0.15, -0.1) is 0 Å². The van der Waals surface area contributed by atoms with E-state index in [1.807, 2.05) is 18.2 Å². The zero-order chi connectivity index (χ0) is 11.5. The van der Waals surface area contributed by atoms with Gasteiger partial charge in [-0.25, -0.2) is 4.98 Å². The molecule has 1 heterocycles. The molecule has 16 heavy (non-hydrogen) atoms. The molecule has 2 aromatic rings. The molecule has 0 saturated carbocycles. The molecule has 4 heteroatoms. The zero-order valence-electron chi connectivity index (χ0n) is 9.53. The Bertz CT molecular complexity index is 493. The van der Waals surface area contributed by atoms with Crippen molar-refractivity contribution in [2.24, 2.45) is 0 Å². The Morgan fingerprint density at radius 1 is 1.44 bits per heavy atom. The van der Waals surface area contributed by atoms with Gasteiger partial charge in [0.2, 0.25) is 0 Å². The van der Waals surface area contributed by atoms with E-state index in [-0.39, 0.29) is 0 Å². The zero-order valence-corrected chi connectivity index (χ0v) is 10.3. The van der Waals surface area contributed by atoms with Gasteiger partial charge in [0, 0.05) is 18.7 Å². The molecule has 0 aliphatic carbocycles. The number of ether oxygens (including phenoxy) is 1. The molecule has 0 amide bonds. The van der Waals surface area contributed by atoms with Crippen LogP contribution in [0.1, 0.15) is 19.2 Å². The van der Waals surface area contributed by atoms with Crippen LogP contribution in [0.3, 0.4) is 0 Å². The number of aryl methyl sites for hydroxylation is 1. The number of halogens is 1. The lowest BCUT2D eigenvalue weighted by atomic mass is 10.3. The summed E-state index contributed by atoms with van der Waals surface area (Å²) >= 11 is 6.00. The van der Waals surface area contributed by atoms with Gasteiger partial charge >= 0.3 is 0 Å². The van der Waals surface area contributed by atoms with Crippen LogP contribution in [0, 0.1) is 0 Å². The van der Waals surface area contributed by atoms with E-state index in [4.69, 9.17) is 16.3 Å². The second-order valence-electron chi connectivity index (χ2n) is 3.75. The molecule has 0 atom stereocenters. The highest BCUT2D eigenvalue weighted by atomic mass is 35.5. The molecule has 0 saturated heterocycles. The average molecular weight is 239 g/mol. The maximum absolute atomic E-state index is 6.00. The number of nitrogens with zero attached hydrogens (tertiary/aromatic N) is 2. The monoisotopic (exact) mass is 238 g/mol. The minimum Gasteiger partial charge on any atom is -0.377 e. The quantitative estimate of drug-likeness (QED) is 0.818. The molecule has 1 aromatic heterocycles. The van der Waals surface area contributed by atoms with Gasteiger partial charge < -0.3 is 9.30 Å². The standard InChI is InChI=1S/C12H15ClN2O/c1-3-6-15-11-7-9(13)4-5-10(11)14-12(15)8-16-2/h4-5,7H,3,6,8H2,1-2H3. The number of rotatable bonds is 4. The van der Waals surface area contributed by atoms with Crippen molar-refractivity contribution < 1.29 is 4.74 Å². The van der Waals surface area contributed by atoms with Crippen LogP contribution in [0.25, 0.3) is 11.0 Å². The van der Waals surface area contributed by atoms with Crippen LogP contribution < -0.4 is 0 Å². The fraction of sp³-hybridized carbons (Fsp3) is 0.417. The predicted molar refractivity (Wildman–Crippen MR) is 65.7 cm³/mol. The number of aromatic nitrogens is 2. The van der Waals surface area contributed by atoms with E-state index in [1.165, 1.54) is 0 Å². The minimum atomic E-state index is 0.534. The fourth-order valence-electron chi connectivity index (χ4n) is 1.86. The van der Waals surface area contributed by atoms with Crippen LogP contribution in [0.4, 0.5) is 0 Å². The molecule has 0 bridgehead atoms. The first-order chi connectivity index (χ1) is 7.76. The maximum atomic E-state index is 6.00. The Labute approximate surface area is 100.0 Å². The van der Waals surface area contributed by atoms with Crippen molar-refractivity contribution in [2.45, 2.75) is 26.5 Å². The summed E-state index contributed by atoms with van der Waals surface area (Å²) in [7, 11) is 1.68. The van der Waals surface area contributed by atoms with Gasteiger partial charge in [-0.1, -0.05) is 18.5 Å². The van der Waals surface area contributed by atoms with Gasteiger partial charge in [0.15, 0.2) is 0 Å². The SMILES string of the molecule is CCCn1c(COC)nc2ccc(Cl)cc21. The minimum absolute atomic E-state index is 0.534. The first-order valence-corrected chi connectivity index (χ1v) is 5.77. The molecular formula is C12H15ClN2O. The summed E-state index contributed by atoms with van der Waals surface area (Å²) in [6.07, 6.45) is 1.06. The average Bonchev–Trinajstić information content (AvgIpc) is 2.58. The largest absolute Gasteiger partial charge is 0.377 e. The van der Waals surface area contributed by atoms with Gasteiger partial charge in [-0.05, 0) is 24.6 Å². The number of fused-ring (bicyclic) bond motifs is 1. The highest BCUT2D eigenvalue weighted by molar-refractivity contribution is 6.31. The van der Waals surface area contributed by atoms with Crippen molar-refractivity contribution in [1.29, 1.82) is 0 Å². The van der Waals surface area contributed by atoms with E-state index in [0.29, 0.717) is 6.61 Å². The highest BCUT2D eigenvalue weighted by Crippen LogP contribution is 2.21. The van der Waals surface area contributed by atoms with Crippen LogP contribution in [0.15, 0.2) is 18.2 Å². The lowest BCUT2D eigenvalue weighted by Gasteiger charge is -2.06. The number of imidazole rings is 1. The van der Waals surface area contributed by atoms with Crippen LogP contribution in [0.5, 0.6) is 0 Å².